The predicted molar refractivity (Wildman–Crippen MR) is 64.8 cm³/mol. The molecule has 0 aliphatic rings. The van der Waals surface area contributed by atoms with Gasteiger partial charge in [-0.3, -0.25) is 0 Å². The zero-order valence-electron chi connectivity index (χ0n) is 9.91. The molecule has 1 radical (unpaired) electrons. The molecule has 0 fully saturated rings. The van der Waals surface area contributed by atoms with Crippen LogP contribution in [0.25, 0.3) is 0 Å². The summed E-state index contributed by atoms with van der Waals surface area (Å²) in [6.07, 6.45) is 2.73. The van der Waals surface area contributed by atoms with Crippen LogP contribution in [0, 0.1) is 5.16 Å². The van der Waals surface area contributed by atoms with E-state index >= 15 is 0 Å². The van der Waals surface area contributed by atoms with Crippen molar-refractivity contribution >= 4 is 16.1 Å². The Kier molecular flexibility index (Phi) is 4.24. The lowest BCUT2D eigenvalue weighted by atomic mass is 10.4. The molecule has 0 rings (SSSR count). The van der Waals surface area contributed by atoms with Gasteiger partial charge in [-0.05, 0) is 5.16 Å². The second kappa shape index (κ2) is 4.10. The van der Waals surface area contributed by atoms with Crippen LogP contribution < -0.4 is 0 Å². The van der Waals surface area contributed by atoms with E-state index in [4.69, 9.17) is 0 Å². The maximum absolute atomic E-state index is 2.50. The van der Waals surface area contributed by atoms with Crippen LogP contribution in [0.2, 0.25) is 39.3 Å². The summed E-state index contributed by atoms with van der Waals surface area (Å²) in [4.78, 5) is 0. The minimum absolute atomic E-state index is 0.965. The third kappa shape index (κ3) is 3.90. The van der Waals surface area contributed by atoms with Gasteiger partial charge in [-0.25, -0.2) is 0 Å². The monoisotopic (exact) mass is 201 g/mol. The number of hydrogen-bond donors (Lipinski definition) is 0. The third-order valence-electron chi connectivity index (χ3n) is 2.31. The molecule has 0 saturated carbocycles. The molecule has 0 aliphatic carbocycles. The second-order valence-corrected chi connectivity index (χ2v) is 16.4. The average Bonchev–Trinajstić information content (AvgIpc) is 1.77. The Labute approximate surface area is 80.8 Å². The highest BCUT2D eigenvalue weighted by atomic mass is 28.4. The summed E-state index contributed by atoms with van der Waals surface area (Å²) < 4.78 is 0. The van der Waals surface area contributed by atoms with E-state index in [1.807, 2.05) is 5.16 Å². The van der Waals surface area contributed by atoms with Crippen molar-refractivity contribution in [2.75, 3.05) is 0 Å². The van der Waals surface area contributed by atoms with Gasteiger partial charge in [-0.2, -0.15) is 0 Å². The van der Waals surface area contributed by atoms with E-state index in [2.05, 4.69) is 46.2 Å². The standard InChI is InChI=1S/C10H25Si2/c1-8-9-10(11(2,3)4)12(5,6)7/h8-9H2,1-7H3. The van der Waals surface area contributed by atoms with E-state index in [0.717, 1.165) is 0 Å². The molecule has 0 unspecified atom stereocenters. The minimum Gasteiger partial charge on any atom is -0.0694 e. The first kappa shape index (κ1) is 12.4. The molecule has 0 bridgehead atoms. The molecule has 0 aromatic rings. The number of hydrogen-bond acceptors (Lipinski definition) is 0. The van der Waals surface area contributed by atoms with Crippen molar-refractivity contribution in [2.45, 2.75) is 59.0 Å². The Hall–Kier alpha value is 0.434. The van der Waals surface area contributed by atoms with Gasteiger partial charge in [0.2, 0.25) is 0 Å². The van der Waals surface area contributed by atoms with Gasteiger partial charge < -0.3 is 0 Å². The molecule has 12 heavy (non-hydrogen) atoms. The summed E-state index contributed by atoms with van der Waals surface area (Å²) in [7, 11) is -1.93. The van der Waals surface area contributed by atoms with Crippen LogP contribution in [0.15, 0.2) is 0 Å². The van der Waals surface area contributed by atoms with Gasteiger partial charge >= 0.3 is 0 Å². The topological polar surface area (TPSA) is 0 Å². The molecule has 2 heteroatoms. The molecule has 0 atom stereocenters. The summed E-state index contributed by atoms with van der Waals surface area (Å²) in [6.45, 7) is 17.3. The van der Waals surface area contributed by atoms with Crippen LogP contribution >= 0.6 is 0 Å². The fourth-order valence-electron chi connectivity index (χ4n) is 2.12. The minimum atomic E-state index is -0.965. The quantitative estimate of drug-likeness (QED) is 0.600. The Bertz CT molecular complexity index is 114. The van der Waals surface area contributed by atoms with Crippen molar-refractivity contribution in [2.24, 2.45) is 0 Å². The van der Waals surface area contributed by atoms with Crippen molar-refractivity contribution in [1.82, 2.24) is 0 Å². The van der Waals surface area contributed by atoms with Crippen molar-refractivity contribution in [3.8, 4) is 0 Å². The Balaban J connectivity index is 4.45. The predicted octanol–water partition coefficient (Wildman–Crippen LogP) is 4.12. The van der Waals surface area contributed by atoms with E-state index in [1.54, 1.807) is 0 Å². The first-order valence-corrected chi connectivity index (χ1v) is 12.1. The molecule has 0 N–H and O–H groups in total. The maximum atomic E-state index is 2.50. The van der Waals surface area contributed by atoms with Gasteiger partial charge in [0.1, 0.15) is 0 Å². The molecule has 0 saturated heterocycles. The lowest BCUT2D eigenvalue weighted by Gasteiger charge is -2.37. The molecule has 0 aliphatic heterocycles. The van der Waals surface area contributed by atoms with E-state index in [1.165, 1.54) is 12.8 Å². The molecule has 0 aromatic heterocycles. The van der Waals surface area contributed by atoms with Crippen LogP contribution in [0.5, 0.6) is 0 Å². The summed E-state index contributed by atoms with van der Waals surface area (Å²) in [5.41, 5.74) is 0. The van der Waals surface area contributed by atoms with Gasteiger partial charge in [0.25, 0.3) is 0 Å². The average molecular weight is 201 g/mol. The van der Waals surface area contributed by atoms with E-state index < -0.39 is 16.1 Å². The summed E-state index contributed by atoms with van der Waals surface area (Å²) >= 11 is 0. The molecule has 73 valence electrons. The fourth-order valence-corrected chi connectivity index (χ4v) is 13.1. The highest BCUT2D eigenvalue weighted by Crippen LogP contribution is 2.31. The van der Waals surface area contributed by atoms with Gasteiger partial charge in [-0.15, -0.1) is 0 Å². The summed E-state index contributed by atoms with van der Waals surface area (Å²) in [5, 5.41) is 1.97. The summed E-state index contributed by atoms with van der Waals surface area (Å²) in [6, 6.07) is 0. The van der Waals surface area contributed by atoms with E-state index in [0.29, 0.717) is 0 Å². The molecular weight excluding hydrogens is 176 g/mol. The van der Waals surface area contributed by atoms with Crippen LogP contribution in [0.1, 0.15) is 19.8 Å². The number of rotatable bonds is 4. The SMILES string of the molecule is CCC[C]([Si](C)(C)C)[Si](C)(C)C. The molecule has 0 aromatic carbocycles. The highest BCUT2D eigenvalue weighted by molar-refractivity contribution is 7.02. The second-order valence-electron chi connectivity index (χ2n) is 5.73. The van der Waals surface area contributed by atoms with E-state index in [-0.39, 0.29) is 0 Å². The lowest BCUT2D eigenvalue weighted by Crippen LogP contribution is -2.46. The van der Waals surface area contributed by atoms with Crippen LogP contribution in [0.4, 0.5) is 0 Å². The van der Waals surface area contributed by atoms with Crippen molar-refractivity contribution in [3.63, 3.8) is 0 Å². The van der Waals surface area contributed by atoms with Crippen molar-refractivity contribution in [3.05, 3.63) is 5.16 Å². The fraction of sp³-hybridized carbons (Fsp3) is 0.900. The Morgan fingerprint density at radius 2 is 1.17 bits per heavy atom. The molecule has 0 amide bonds. The normalized spacial score (nSPS) is 14.0. The maximum Gasteiger partial charge on any atom is 0.0478 e. The van der Waals surface area contributed by atoms with Gasteiger partial charge in [-0.1, -0.05) is 59.0 Å². The van der Waals surface area contributed by atoms with Crippen LogP contribution in [-0.2, 0) is 0 Å². The lowest BCUT2D eigenvalue weighted by molar-refractivity contribution is 0.900. The van der Waals surface area contributed by atoms with Crippen LogP contribution in [0.3, 0.4) is 0 Å². The van der Waals surface area contributed by atoms with Gasteiger partial charge in [0.15, 0.2) is 0 Å². The zero-order chi connectivity index (χ0) is 9.99. The smallest absolute Gasteiger partial charge is 0.0478 e. The van der Waals surface area contributed by atoms with Gasteiger partial charge in [0, 0.05) is 16.1 Å². The Morgan fingerprint density at radius 3 is 1.25 bits per heavy atom. The Morgan fingerprint density at radius 1 is 0.833 bits per heavy atom. The van der Waals surface area contributed by atoms with Crippen molar-refractivity contribution in [1.29, 1.82) is 0 Å². The molecule has 0 nitrogen and oxygen atoms in total. The summed E-state index contributed by atoms with van der Waals surface area (Å²) in [5.74, 6) is 0. The zero-order valence-corrected chi connectivity index (χ0v) is 11.9. The first-order valence-electron chi connectivity index (χ1n) is 5.06. The highest BCUT2D eigenvalue weighted by Gasteiger charge is 2.36. The first-order chi connectivity index (χ1) is 5.19. The van der Waals surface area contributed by atoms with E-state index in [9.17, 15) is 0 Å². The largest absolute Gasteiger partial charge is 0.0694 e. The molecule has 0 spiro atoms. The van der Waals surface area contributed by atoms with Crippen molar-refractivity contribution < 1.29 is 0 Å². The third-order valence-corrected chi connectivity index (χ3v) is 10.9. The van der Waals surface area contributed by atoms with Crippen LogP contribution in [-0.4, -0.2) is 16.1 Å². The molecule has 0 heterocycles. The van der Waals surface area contributed by atoms with Gasteiger partial charge in [0.05, 0.1) is 0 Å². The molecular formula is C10H25Si2.